The third-order valence-corrected chi connectivity index (χ3v) is 6.25. The Bertz CT molecular complexity index is 1340. The first kappa shape index (κ1) is 20.5. The second-order valence-electron chi connectivity index (χ2n) is 9.01. The first-order valence-electron chi connectivity index (χ1n) is 11.3. The van der Waals surface area contributed by atoms with E-state index in [4.69, 9.17) is 9.40 Å². The molecule has 32 heavy (non-hydrogen) atoms. The van der Waals surface area contributed by atoms with Gasteiger partial charge in [0.25, 0.3) is 5.91 Å². The smallest absolute Gasteiger partial charge is 0.408 e. The molecule has 0 aliphatic carbocycles. The number of pyridine rings is 1. The number of fused-ring (bicyclic) bond motifs is 2. The molecule has 0 saturated carbocycles. The van der Waals surface area contributed by atoms with Crippen LogP contribution in [-0.2, 0) is 6.42 Å². The Morgan fingerprint density at radius 2 is 1.81 bits per heavy atom. The molecule has 1 fully saturated rings. The summed E-state index contributed by atoms with van der Waals surface area (Å²) in [5.74, 6) is 0.177. The summed E-state index contributed by atoms with van der Waals surface area (Å²) in [6.45, 7) is 5.52. The van der Waals surface area contributed by atoms with Gasteiger partial charge in [0.1, 0.15) is 0 Å². The van der Waals surface area contributed by atoms with Crippen LogP contribution in [0.2, 0.25) is 0 Å². The fourth-order valence-corrected chi connectivity index (χ4v) is 4.76. The molecule has 1 aliphatic rings. The Morgan fingerprint density at radius 3 is 2.59 bits per heavy atom. The second kappa shape index (κ2) is 8.26. The van der Waals surface area contributed by atoms with Crippen LogP contribution in [0.15, 0.2) is 63.8 Å². The highest BCUT2D eigenvalue weighted by Crippen LogP contribution is 2.28. The maximum absolute atomic E-state index is 13.5. The SMILES string of the molecule is CC(C)Cc1cc(C(=O)N2CCC(n3c(=O)oc4ccccc43)CC2)c2ccccc2n1. The molecule has 0 atom stereocenters. The molecule has 5 rings (SSSR count). The first-order chi connectivity index (χ1) is 15.5. The lowest BCUT2D eigenvalue weighted by molar-refractivity contribution is 0.0695. The minimum Gasteiger partial charge on any atom is -0.408 e. The van der Waals surface area contributed by atoms with Crippen LogP contribution in [0.5, 0.6) is 0 Å². The van der Waals surface area contributed by atoms with E-state index in [2.05, 4.69) is 13.8 Å². The summed E-state index contributed by atoms with van der Waals surface area (Å²) < 4.78 is 7.16. The standard InChI is InChI=1S/C26H27N3O3/c1-17(2)15-18-16-21(20-7-3-4-8-22(20)27-18)25(30)28-13-11-19(12-14-28)29-23-9-5-6-10-24(23)32-26(29)31/h3-10,16-17,19H,11-15H2,1-2H3. The van der Waals surface area contributed by atoms with Crippen molar-refractivity contribution in [1.29, 1.82) is 0 Å². The van der Waals surface area contributed by atoms with Crippen molar-refractivity contribution in [2.75, 3.05) is 13.1 Å². The van der Waals surface area contributed by atoms with Gasteiger partial charge in [-0.05, 0) is 49.4 Å². The van der Waals surface area contributed by atoms with Crippen molar-refractivity contribution in [2.45, 2.75) is 39.2 Å². The number of hydrogen-bond acceptors (Lipinski definition) is 4. The molecule has 6 heteroatoms. The van der Waals surface area contributed by atoms with Gasteiger partial charge in [-0.3, -0.25) is 14.3 Å². The largest absolute Gasteiger partial charge is 0.420 e. The monoisotopic (exact) mass is 429 g/mol. The maximum atomic E-state index is 13.5. The van der Waals surface area contributed by atoms with Crippen LogP contribution in [0.3, 0.4) is 0 Å². The van der Waals surface area contributed by atoms with Crippen molar-refractivity contribution in [1.82, 2.24) is 14.5 Å². The Kier molecular flexibility index (Phi) is 5.29. The van der Waals surface area contributed by atoms with Gasteiger partial charge in [0.05, 0.1) is 16.6 Å². The molecule has 1 aliphatic heterocycles. The fraction of sp³-hybridized carbons (Fsp3) is 0.346. The molecule has 1 amide bonds. The van der Waals surface area contributed by atoms with E-state index in [1.54, 1.807) is 4.57 Å². The highest BCUT2D eigenvalue weighted by atomic mass is 16.4. The van der Waals surface area contributed by atoms with Crippen molar-refractivity contribution in [2.24, 2.45) is 5.92 Å². The molecule has 2 aromatic carbocycles. The van der Waals surface area contributed by atoms with Crippen molar-refractivity contribution >= 4 is 27.9 Å². The number of benzene rings is 2. The Labute approximate surface area is 186 Å². The number of aromatic nitrogens is 2. The average molecular weight is 430 g/mol. The highest BCUT2D eigenvalue weighted by molar-refractivity contribution is 6.06. The average Bonchev–Trinajstić information content (AvgIpc) is 3.13. The number of para-hydroxylation sites is 3. The topological polar surface area (TPSA) is 68.3 Å². The molecule has 4 aromatic rings. The number of rotatable bonds is 4. The number of oxazole rings is 1. The zero-order valence-electron chi connectivity index (χ0n) is 18.5. The summed E-state index contributed by atoms with van der Waals surface area (Å²) in [6.07, 6.45) is 2.28. The fourth-order valence-electron chi connectivity index (χ4n) is 4.76. The lowest BCUT2D eigenvalue weighted by atomic mass is 9.99. The minimum atomic E-state index is -0.325. The van der Waals surface area contributed by atoms with E-state index >= 15 is 0 Å². The maximum Gasteiger partial charge on any atom is 0.420 e. The Morgan fingerprint density at radius 1 is 1.09 bits per heavy atom. The first-order valence-corrected chi connectivity index (χ1v) is 11.3. The quantitative estimate of drug-likeness (QED) is 0.466. The highest BCUT2D eigenvalue weighted by Gasteiger charge is 2.28. The summed E-state index contributed by atoms with van der Waals surface area (Å²) in [7, 11) is 0. The number of piperidine rings is 1. The lowest BCUT2D eigenvalue weighted by Gasteiger charge is -2.32. The van der Waals surface area contributed by atoms with E-state index in [0.29, 0.717) is 24.6 Å². The van der Waals surface area contributed by atoms with Gasteiger partial charge in [0.2, 0.25) is 0 Å². The Hall–Kier alpha value is -3.41. The zero-order valence-corrected chi connectivity index (χ0v) is 18.5. The normalized spacial score (nSPS) is 15.2. The summed E-state index contributed by atoms with van der Waals surface area (Å²) in [5.41, 5.74) is 3.96. The number of carbonyl (C=O) groups is 1. The summed E-state index contributed by atoms with van der Waals surface area (Å²) in [6, 6.07) is 17.3. The summed E-state index contributed by atoms with van der Waals surface area (Å²) in [5, 5.41) is 0.893. The molecule has 3 heterocycles. The number of carbonyl (C=O) groups excluding carboxylic acids is 1. The van der Waals surface area contributed by atoms with E-state index < -0.39 is 0 Å². The summed E-state index contributed by atoms with van der Waals surface area (Å²) in [4.78, 5) is 32.7. The van der Waals surface area contributed by atoms with E-state index in [0.717, 1.165) is 46.9 Å². The van der Waals surface area contributed by atoms with Crippen molar-refractivity contribution in [3.05, 3.63) is 76.4 Å². The van der Waals surface area contributed by atoms with Gasteiger partial charge in [-0.25, -0.2) is 4.79 Å². The molecule has 0 unspecified atom stereocenters. The van der Waals surface area contributed by atoms with Gasteiger partial charge in [-0.1, -0.05) is 44.2 Å². The molecular formula is C26H27N3O3. The van der Waals surface area contributed by atoms with Gasteiger partial charge in [-0.15, -0.1) is 0 Å². The van der Waals surface area contributed by atoms with Crippen LogP contribution in [0.1, 0.15) is 48.8 Å². The van der Waals surface area contributed by atoms with Crippen LogP contribution in [0.4, 0.5) is 0 Å². The molecular weight excluding hydrogens is 402 g/mol. The zero-order chi connectivity index (χ0) is 22.2. The van der Waals surface area contributed by atoms with Crippen LogP contribution in [0.25, 0.3) is 22.0 Å². The van der Waals surface area contributed by atoms with Crippen LogP contribution >= 0.6 is 0 Å². The predicted octanol–water partition coefficient (Wildman–Crippen LogP) is 4.82. The molecule has 6 nitrogen and oxygen atoms in total. The number of likely N-dealkylation sites (tertiary alicyclic amines) is 1. The van der Waals surface area contributed by atoms with Gasteiger partial charge in [0.15, 0.2) is 5.58 Å². The van der Waals surface area contributed by atoms with Gasteiger partial charge >= 0.3 is 5.76 Å². The van der Waals surface area contributed by atoms with Gasteiger partial charge in [0, 0.05) is 30.2 Å². The second-order valence-corrected chi connectivity index (χ2v) is 9.01. The third-order valence-electron chi connectivity index (χ3n) is 6.25. The van der Waals surface area contributed by atoms with E-state index in [9.17, 15) is 9.59 Å². The van der Waals surface area contributed by atoms with Gasteiger partial charge < -0.3 is 9.32 Å². The van der Waals surface area contributed by atoms with E-state index in [1.807, 2.05) is 59.5 Å². The molecule has 0 bridgehead atoms. The lowest BCUT2D eigenvalue weighted by Crippen LogP contribution is -2.40. The number of amides is 1. The van der Waals surface area contributed by atoms with Crippen molar-refractivity contribution < 1.29 is 9.21 Å². The molecule has 2 aromatic heterocycles. The van der Waals surface area contributed by atoms with Crippen LogP contribution in [-0.4, -0.2) is 33.4 Å². The minimum absolute atomic E-state index is 0.0286. The Balaban J connectivity index is 1.40. The van der Waals surface area contributed by atoms with Crippen LogP contribution < -0.4 is 5.76 Å². The number of nitrogens with zero attached hydrogens (tertiary/aromatic N) is 3. The van der Waals surface area contributed by atoms with Gasteiger partial charge in [-0.2, -0.15) is 0 Å². The van der Waals surface area contributed by atoms with Crippen molar-refractivity contribution in [3.8, 4) is 0 Å². The summed E-state index contributed by atoms with van der Waals surface area (Å²) >= 11 is 0. The molecule has 164 valence electrons. The molecule has 1 saturated heterocycles. The van der Waals surface area contributed by atoms with Crippen LogP contribution in [0, 0.1) is 5.92 Å². The molecule has 0 N–H and O–H groups in total. The van der Waals surface area contributed by atoms with Crippen molar-refractivity contribution in [3.63, 3.8) is 0 Å². The molecule has 0 radical (unpaired) electrons. The van der Waals surface area contributed by atoms with E-state index in [1.165, 1.54) is 0 Å². The third kappa shape index (κ3) is 3.70. The molecule has 0 spiro atoms. The predicted molar refractivity (Wildman–Crippen MR) is 125 cm³/mol. The van der Waals surface area contributed by atoms with E-state index in [-0.39, 0.29) is 17.7 Å². The number of hydrogen-bond donors (Lipinski definition) is 0.